The van der Waals surface area contributed by atoms with Gasteiger partial charge in [0.1, 0.15) is 0 Å². The molecule has 1 fully saturated rings. The highest BCUT2D eigenvalue weighted by molar-refractivity contribution is 7.59. The lowest BCUT2D eigenvalue weighted by Crippen LogP contribution is -2.41. The maximum Gasteiger partial charge on any atom is 0.0722 e. The van der Waals surface area contributed by atoms with Gasteiger partial charge in [0, 0.05) is 20.1 Å². The molecule has 0 saturated carbocycles. The first-order valence-corrected chi connectivity index (χ1v) is 5.05. The van der Waals surface area contributed by atoms with Crippen LogP contribution in [-0.4, -0.2) is 60.7 Å². The van der Waals surface area contributed by atoms with Crippen molar-refractivity contribution in [3.8, 4) is 0 Å². The molecule has 1 aliphatic heterocycles. The largest absolute Gasteiger partial charge is 0.757 e. The second kappa shape index (κ2) is 4.61. The third kappa shape index (κ3) is 2.82. The van der Waals surface area contributed by atoms with Gasteiger partial charge in [0.15, 0.2) is 0 Å². The zero-order valence-electron chi connectivity index (χ0n) is 8.82. The molecule has 2 atom stereocenters. The Balaban J connectivity index is 2.39. The lowest BCUT2D eigenvalue weighted by Gasteiger charge is -2.31. The van der Waals surface area contributed by atoms with Crippen molar-refractivity contribution in [3.63, 3.8) is 0 Å². The molecule has 0 aromatic rings. The minimum absolute atomic E-state index is 0.0416. The standard InChI is InChI=1S/C8H20N4S/c1-7-11(4)9-8(13)12(7)6-5-10(2)3/h7-9,13H,5-6H2,1-4H3/p-1. The number of hydrazine groups is 1. The Bertz CT molecular complexity index is 164. The first kappa shape index (κ1) is 11.3. The highest BCUT2D eigenvalue weighted by Gasteiger charge is 2.26. The predicted molar refractivity (Wildman–Crippen MR) is 56.8 cm³/mol. The topological polar surface area (TPSA) is 21.8 Å². The van der Waals surface area contributed by atoms with Crippen LogP contribution in [0, 0.1) is 0 Å². The molecule has 2 unspecified atom stereocenters. The van der Waals surface area contributed by atoms with Gasteiger partial charge in [-0.25, -0.2) is 5.01 Å². The second-order valence-electron chi connectivity index (χ2n) is 3.77. The van der Waals surface area contributed by atoms with Crippen molar-refractivity contribution in [2.45, 2.75) is 18.6 Å². The molecule has 0 aromatic carbocycles. The fourth-order valence-electron chi connectivity index (χ4n) is 1.39. The van der Waals surface area contributed by atoms with E-state index in [1.807, 2.05) is 7.05 Å². The second-order valence-corrected chi connectivity index (χ2v) is 4.21. The van der Waals surface area contributed by atoms with Gasteiger partial charge in [0.05, 0.1) is 6.17 Å². The Labute approximate surface area is 86.2 Å². The third-order valence-electron chi connectivity index (χ3n) is 2.46. The summed E-state index contributed by atoms with van der Waals surface area (Å²) in [6.45, 7) is 4.22. The van der Waals surface area contributed by atoms with Crippen molar-refractivity contribution < 1.29 is 0 Å². The molecule has 1 aliphatic rings. The van der Waals surface area contributed by atoms with E-state index in [0.717, 1.165) is 13.1 Å². The average Bonchev–Trinajstić information content (AvgIpc) is 2.24. The van der Waals surface area contributed by atoms with Crippen molar-refractivity contribution in [3.05, 3.63) is 0 Å². The van der Waals surface area contributed by atoms with Crippen molar-refractivity contribution >= 4 is 12.6 Å². The van der Waals surface area contributed by atoms with Gasteiger partial charge in [-0.1, -0.05) is 0 Å². The molecule has 0 radical (unpaired) electrons. The molecule has 1 rings (SSSR count). The number of likely N-dealkylation sites (N-methyl/N-ethyl adjacent to an activating group) is 1. The maximum absolute atomic E-state index is 5.28. The summed E-state index contributed by atoms with van der Waals surface area (Å²) < 4.78 is 0. The molecule has 0 aliphatic carbocycles. The van der Waals surface area contributed by atoms with Crippen LogP contribution in [0.1, 0.15) is 6.92 Å². The molecular weight excluding hydrogens is 184 g/mol. The van der Waals surface area contributed by atoms with Gasteiger partial charge in [-0.15, -0.1) is 0 Å². The van der Waals surface area contributed by atoms with E-state index in [1.54, 1.807) is 0 Å². The molecule has 1 saturated heterocycles. The SMILES string of the molecule is CC1N(C)NC([S-])N1CCN(C)C. The van der Waals surface area contributed by atoms with E-state index in [0.29, 0.717) is 6.17 Å². The fourth-order valence-corrected chi connectivity index (χ4v) is 1.84. The van der Waals surface area contributed by atoms with Gasteiger partial charge in [-0.3, -0.25) is 10.3 Å². The van der Waals surface area contributed by atoms with Crippen molar-refractivity contribution in [2.75, 3.05) is 34.2 Å². The van der Waals surface area contributed by atoms with Crippen LogP contribution in [0.25, 0.3) is 0 Å². The van der Waals surface area contributed by atoms with Gasteiger partial charge in [-0.05, 0) is 26.5 Å². The normalized spacial score (nSPS) is 31.8. The zero-order chi connectivity index (χ0) is 10.0. The molecule has 78 valence electrons. The minimum Gasteiger partial charge on any atom is -0.757 e. The number of nitrogens with one attached hydrogen (secondary N) is 1. The van der Waals surface area contributed by atoms with E-state index in [2.05, 4.69) is 41.3 Å². The van der Waals surface area contributed by atoms with Crippen LogP contribution in [0.2, 0.25) is 0 Å². The van der Waals surface area contributed by atoms with Crippen LogP contribution in [0.4, 0.5) is 0 Å². The molecule has 4 nitrogen and oxygen atoms in total. The Kier molecular flexibility index (Phi) is 4.00. The summed E-state index contributed by atoms with van der Waals surface area (Å²) in [4.78, 5) is 4.45. The Morgan fingerprint density at radius 3 is 2.46 bits per heavy atom. The Hall–Kier alpha value is 0.190. The summed E-state index contributed by atoms with van der Waals surface area (Å²) in [7, 11) is 6.19. The van der Waals surface area contributed by atoms with Gasteiger partial charge in [0.25, 0.3) is 0 Å². The molecule has 0 aromatic heterocycles. The molecule has 5 heteroatoms. The summed E-state index contributed by atoms with van der Waals surface area (Å²) in [5, 5.41) is 2.06. The summed E-state index contributed by atoms with van der Waals surface area (Å²) in [5.74, 6) is 0. The van der Waals surface area contributed by atoms with Gasteiger partial charge < -0.3 is 17.5 Å². The summed E-state index contributed by atoms with van der Waals surface area (Å²) in [6, 6.07) is 0. The van der Waals surface area contributed by atoms with Crippen LogP contribution in [0.3, 0.4) is 0 Å². The van der Waals surface area contributed by atoms with Crippen LogP contribution in [0.5, 0.6) is 0 Å². The first-order chi connectivity index (χ1) is 6.02. The van der Waals surface area contributed by atoms with E-state index in [4.69, 9.17) is 12.6 Å². The molecular formula is C8H19N4S-. The molecule has 1 N–H and O–H groups in total. The van der Waals surface area contributed by atoms with Crippen LogP contribution >= 0.6 is 0 Å². The van der Waals surface area contributed by atoms with Gasteiger partial charge in [0.2, 0.25) is 0 Å². The highest BCUT2D eigenvalue weighted by atomic mass is 32.1. The van der Waals surface area contributed by atoms with Crippen molar-refractivity contribution in [1.82, 2.24) is 20.2 Å². The smallest absolute Gasteiger partial charge is 0.0722 e. The molecule has 0 amide bonds. The zero-order valence-corrected chi connectivity index (χ0v) is 9.64. The third-order valence-corrected chi connectivity index (χ3v) is 2.84. The Morgan fingerprint density at radius 2 is 2.08 bits per heavy atom. The van der Waals surface area contributed by atoms with E-state index < -0.39 is 0 Å². The first-order valence-electron chi connectivity index (χ1n) is 4.57. The summed E-state index contributed by atoms with van der Waals surface area (Å²) in [6.07, 6.45) is 0.391. The summed E-state index contributed by atoms with van der Waals surface area (Å²) >= 11 is 5.28. The maximum atomic E-state index is 5.28. The van der Waals surface area contributed by atoms with Crippen LogP contribution in [-0.2, 0) is 12.6 Å². The van der Waals surface area contributed by atoms with E-state index >= 15 is 0 Å². The van der Waals surface area contributed by atoms with E-state index in [-0.39, 0.29) is 5.50 Å². The summed E-state index contributed by atoms with van der Waals surface area (Å²) in [5.41, 5.74) is 3.24. The van der Waals surface area contributed by atoms with E-state index in [1.165, 1.54) is 0 Å². The lowest BCUT2D eigenvalue weighted by atomic mass is 10.4. The fraction of sp³-hybridized carbons (Fsp3) is 1.00. The van der Waals surface area contributed by atoms with Crippen LogP contribution < -0.4 is 5.43 Å². The highest BCUT2D eigenvalue weighted by Crippen LogP contribution is 2.12. The molecule has 0 bridgehead atoms. The van der Waals surface area contributed by atoms with Crippen LogP contribution in [0.15, 0.2) is 0 Å². The number of rotatable bonds is 3. The Morgan fingerprint density at radius 1 is 1.46 bits per heavy atom. The van der Waals surface area contributed by atoms with Gasteiger partial charge in [-0.2, -0.15) is 0 Å². The predicted octanol–water partition coefficient (Wildman–Crippen LogP) is -0.523. The minimum atomic E-state index is 0.0416. The number of hydrogen-bond acceptors (Lipinski definition) is 5. The average molecular weight is 203 g/mol. The van der Waals surface area contributed by atoms with Crippen molar-refractivity contribution in [1.29, 1.82) is 0 Å². The molecule has 13 heavy (non-hydrogen) atoms. The quantitative estimate of drug-likeness (QED) is 0.621. The lowest BCUT2D eigenvalue weighted by molar-refractivity contribution is 0.151. The van der Waals surface area contributed by atoms with Crippen molar-refractivity contribution in [2.24, 2.45) is 0 Å². The number of nitrogens with zero attached hydrogens (tertiary/aromatic N) is 3. The number of hydrogen-bond donors (Lipinski definition) is 1. The monoisotopic (exact) mass is 203 g/mol. The van der Waals surface area contributed by atoms with Gasteiger partial charge >= 0.3 is 0 Å². The van der Waals surface area contributed by atoms with E-state index in [9.17, 15) is 0 Å². The molecule has 0 spiro atoms. The molecule has 1 heterocycles.